The quantitative estimate of drug-likeness (QED) is 0.518. The van der Waals surface area contributed by atoms with Crippen LogP contribution >= 0.6 is 25.3 Å². The molecule has 0 aromatic carbocycles. The number of thiol groups is 2. The zero-order valence-corrected chi connectivity index (χ0v) is 9.23. The topological polar surface area (TPSA) is 23.5 Å². The van der Waals surface area contributed by atoms with Crippen LogP contribution in [0.15, 0.2) is 0 Å². The predicted octanol–water partition coefficient (Wildman–Crippen LogP) is 0.920. The number of aliphatic hydroxyl groups excluding tert-OH is 1. The molecule has 0 amide bonds. The Balaban J connectivity index is 3.40. The molecule has 0 aliphatic heterocycles. The van der Waals surface area contributed by atoms with Gasteiger partial charge in [0, 0.05) is 6.54 Å². The fourth-order valence-electron chi connectivity index (χ4n) is 1.07. The summed E-state index contributed by atoms with van der Waals surface area (Å²) in [4.78, 5) is 2.26. The highest BCUT2D eigenvalue weighted by atomic mass is 32.1. The maximum Gasteiger partial charge on any atom is 0.0558 e. The fraction of sp³-hybridized carbons (Fsp3) is 1.00. The van der Waals surface area contributed by atoms with Gasteiger partial charge in [-0.2, -0.15) is 25.3 Å². The Morgan fingerprint density at radius 1 is 0.917 bits per heavy atom. The summed E-state index contributed by atoms with van der Waals surface area (Å²) >= 11 is 8.30. The molecule has 0 fully saturated rings. The fourth-order valence-corrected chi connectivity index (χ4v) is 1.35. The van der Waals surface area contributed by atoms with Crippen LogP contribution in [0.25, 0.3) is 0 Å². The van der Waals surface area contributed by atoms with E-state index in [4.69, 9.17) is 5.11 Å². The Kier molecular flexibility index (Phi) is 10.2. The van der Waals surface area contributed by atoms with E-state index in [1.165, 1.54) is 0 Å². The van der Waals surface area contributed by atoms with Gasteiger partial charge in [0.05, 0.1) is 6.61 Å². The third-order valence-electron chi connectivity index (χ3n) is 1.68. The van der Waals surface area contributed by atoms with E-state index in [1.54, 1.807) is 0 Å². The molecule has 74 valence electrons. The van der Waals surface area contributed by atoms with E-state index in [9.17, 15) is 0 Å². The van der Waals surface area contributed by atoms with Gasteiger partial charge in [0.1, 0.15) is 0 Å². The average molecular weight is 209 g/mol. The summed E-state index contributed by atoms with van der Waals surface area (Å²) < 4.78 is 0. The van der Waals surface area contributed by atoms with E-state index in [2.05, 4.69) is 30.2 Å². The molecule has 0 heterocycles. The van der Waals surface area contributed by atoms with Gasteiger partial charge < -0.3 is 10.0 Å². The molecule has 0 bridgehead atoms. The predicted molar refractivity (Wildman–Crippen MR) is 60.5 cm³/mol. The lowest BCUT2D eigenvalue weighted by Crippen LogP contribution is -2.29. The van der Waals surface area contributed by atoms with E-state index in [0.717, 1.165) is 44.0 Å². The second-order valence-corrected chi connectivity index (χ2v) is 3.61. The highest BCUT2D eigenvalue weighted by Crippen LogP contribution is 1.96. The lowest BCUT2D eigenvalue weighted by molar-refractivity contribution is 0.197. The Morgan fingerprint density at radius 3 is 1.75 bits per heavy atom. The molecule has 0 atom stereocenters. The lowest BCUT2D eigenvalue weighted by Gasteiger charge is -2.20. The average Bonchev–Trinajstić information content (AvgIpc) is 2.10. The van der Waals surface area contributed by atoms with Crippen LogP contribution in [-0.2, 0) is 0 Å². The minimum absolute atomic E-state index is 0.249. The molecule has 0 aromatic rings. The molecule has 0 aromatic heterocycles. The molecule has 0 saturated carbocycles. The molecule has 1 N–H and O–H groups in total. The standard InChI is InChI=1S/C8H19NOS2/c10-6-5-9(3-1-7-11)4-2-8-12/h10-12H,1-8H2. The molecule has 0 saturated heterocycles. The van der Waals surface area contributed by atoms with Crippen LogP contribution in [0.3, 0.4) is 0 Å². The molecule has 2 nitrogen and oxygen atoms in total. The van der Waals surface area contributed by atoms with E-state index in [-0.39, 0.29) is 6.61 Å². The molecule has 12 heavy (non-hydrogen) atoms. The first kappa shape index (κ1) is 12.6. The van der Waals surface area contributed by atoms with E-state index < -0.39 is 0 Å². The van der Waals surface area contributed by atoms with Crippen LogP contribution in [-0.4, -0.2) is 47.8 Å². The Hall–Kier alpha value is 0.620. The van der Waals surface area contributed by atoms with Gasteiger partial charge in [0.15, 0.2) is 0 Å². The maximum absolute atomic E-state index is 8.76. The highest BCUT2D eigenvalue weighted by Gasteiger charge is 2.01. The maximum atomic E-state index is 8.76. The van der Waals surface area contributed by atoms with Gasteiger partial charge in [-0.25, -0.2) is 0 Å². The Labute approximate surface area is 86.2 Å². The van der Waals surface area contributed by atoms with Crippen molar-refractivity contribution in [3.05, 3.63) is 0 Å². The molecule has 4 heteroatoms. The van der Waals surface area contributed by atoms with Gasteiger partial charge in [-0.1, -0.05) is 0 Å². The number of nitrogens with zero attached hydrogens (tertiary/aromatic N) is 1. The van der Waals surface area contributed by atoms with Crippen molar-refractivity contribution in [3.8, 4) is 0 Å². The molecule has 0 aliphatic rings. The van der Waals surface area contributed by atoms with Gasteiger partial charge in [0.2, 0.25) is 0 Å². The summed E-state index contributed by atoms with van der Waals surface area (Å²) in [6, 6.07) is 0. The minimum Gasteiger partial charge on any atom is -0.395 e. The van der Waals surface area contributed by atoms with Crippen molar-refractivity contribution in [3.63, 3.8) is 0 Å². The number of hydrogen-bond donors (Lipinski definition) is 3. The van der Waals surface area contributed by atoms with Crippen molar-refractivity contribution in [1.82, 2.24) is 4.90 Å². The van der Waals surface area contributed by atoms with Gasteiger partial charge in [-0.15, -0.1) is 0 Å². The second kappa shape index (κ2) is 9.71. The summed E-state index contributed by atoms with van der Waals surface area (Å²) in [6.45, 7) is 3.11. The third kappa shape index (κ3) is 7.28. The smallest absolute Gasteiger partial charge is 0.0558 e. The second-order valence-electron chi connectivity index (χ2n) is 2.72. The molecule has 0 aliphatic carbocycles. The van der Waals surface area contributed by atoms with E-state index in [1.807, 2.05) is 0 Å². The summed E-state index contributed by atoms with van der Waals surface area (Å²) in [5.74, 6) is 1.84. The van der Waals surface area contributed by atoms with E-state index in [0.29, 0.717) is 0 Å². The van der Waals surface area contributed by atoms with Gasteiger partial charge in [-0.05, 0) is 37.4 Å². The SMILES string of the molecule is OCCN(CCCS)CCCS. The van der Waals surface area contributed by atoms with Crippen molar-refractivity contribution in [1.29, 1.82) is 0 Å². The number of rotatable bonds is 8. The van der Waals surface area contributed by atoms with E-state index >= 15 is 0 Å². The van der Waals surface area contributed by atoms with Crippen LogP contribution in [0.4, 0.5) is 0 Å². The Morgan fingerprint density at radius 2 is 1.42 bits per heavy atom. The normalized spacial score (nSPS) is 11.0. The van der Waals surface area contributed by atoms with Crippen LogP contribution in [0.5, 0.6) is 0 Å². The lowest BCUT2D eigenvalue weighted by atomic mass is 10.3. The largest absolute Gasteiger partial charge is 0.395 e. The van der Waals surface area contributed by atoms with Crippen molar-refractivity contribution in [2.24, 2.45) is 0 Å². The molecular weight excluding hydrogens is 190 g/mol. The molecule has 0 spiro atoms. The zero-order valence-electron chi connectivity index (χ0n) is 7.45. The van der Waals surface area contributed by atoms with Crippen LogP contribution in [0.1, 0.15) is 12.8 Å². The summed E-state index contributed by atoms with van der Waals surface area (Å²) in [6.07, 6.45) is 2.19. The van der Waals surface area contributed by atoms with Crippen molar-refractivity contribution < 1.29 is 5.11 Å². The van der Waals surface area contributed by atoms with Crippen molar-refractivity contribution in [2.45, 2.75) is 12.8 Å². The minimum atomic E-state index is 0.249. The van der Waals surface area contributed by atoms with Gasteiger partial charge >= 0.3 is 0 Å². The summed E-state index contributed by atoms with van der Waals surface area (Å²) in [7, 11) is 0. The zero-order chi connectivity index (χ0) is 9.23. The van der Waals surface area contributed by atoms with Crippen molar-refractivity contribution in [2.75, 3.05) is 37.7 Å². The first-order valence-electron chi connectivity index (χ1n) is 4.40. The van der Waals surface area contributed by atoms with Crippen LogP contribution in [0.2, 0.25) is 0 Å². The monoisotopic (exact) mass is 209 g/mol. The van der Waals surface area contributed by atoms with Gasteiger partial charge in [-0.3, -0.25) is 0 Å². The first-order valence-corrected chi connectivity index (χ1v) is 5.66. The number of hydrogen-bond acceptors (Lipinski definition) is 4. The molecule has 0 rings (SSSR count). The highest BCUT2D eigenvalue weighted by molar-refractivity contribution is 7.80. The molecule has 0 radical (unpaired) electrons. The first-order chi connectivity index (χ1) is 5.85. The van der Waals surface area contributed by atoms with Crippen molar-refractivity contribution >= 4 is 25.3 Å². The Bertz CT molecular complexity index is 85.1. The van der Waals surface area contributed by atoms with Crippen LogP contribution < -0.4 is 0 Å². The van der Waals surface area contributed by atoms with Crippen LogP contribution in [0, 0.1) is 0 Å². The summed E-state index contributed by atoms with van der Waals surface area (Å²) in [5.41, 5.74) is 0. The molecule has 0 unspecified atom stereocenters. The van der Waals surface area contributed by atoms with Gasteiger partial charge in [0.25, 0.3) is 0 Å². The summed E-state index contributed by atoms with van der Waals surface area (Å²) in [5, 5.41) is 8.76. The third-order valence-corrected chi connectivity index (χ3v) is 2.31. The molecular formula is C8H19NOS2. The number of aliphatic hydroxyl groups is 1.